The molecule has 3 aromatic rings. The Labute approximate surface area is 123 Å². The summed E-state index contributed by atoms with van der Waals surface area (Å²) in [5.41, 5.74) is 3.63. The van der Waals surface area contributed by atoms with Gasteiger partial charge in [0.05, 0.1) is 11.4 Å². The van der Waals surface area contributed by atoms with Crippen molar-refractivity contribution in [1.82, 2.24) is 20.4 Å². The molecule has 5 nitrogen and oxygen atoms in total. The zero-order valence-corrected chi connectivity index (χ0v) is 11.4. The van der Waals surface area contributed by atoms with Crippen LogP contribution in [0, 0.1) is 6.92 Å². The molecule has 0 bridgehead atoms. The predicted molar refractivity (Wildman–Crippen MR) is 73.0 cm³/mol. The number of halogens is 3. The van der Waals surface area contributed by atoms with Gasteiger partial charge in [-0.25, -0.2) is 0 Å². The minimum atomic E-state index is -4.70. The molecule has 0 fully saturated rings. The monoisotopic (exact) mass is 308 g/mol. The Morgan fingerprint density at radius 1 is 0.955 bits per heavy atom. The van der Waals surface area contributed by atoms with Crippen LogP contribution < -0.4 is 4.74 Å². The minimum absolute atomic E-state index is 0.269. The normalized spacial score (nSPS) is 11.6. The molecule has 0 atom stereocenters. The standard InChI is InChI=1S/C14H11F3N4O/c1-8-6-12(20-18-8)13-7-11(19-21-13)9-2-4-10(5-3-9)22-14(15,16)17/h2-7H,1H3,(H,18,20)(H,19,21). The second kappa shape index (κ2) is 5.21. The Hall–Kier alpha value is -2.77. The maximum Gasteiger partial charge on any atom is 0.573 e. The fraction of sp³-hybridized carbons (Fsp3) is 0.143. The number of hydrogen-bond acceptors (Lipinski definition) is 3. The first-order valence-electron chi connectivity index (χ1n) is 6.35. The van der Waals surface area contributed by atoms with Crippen molar-refractivity contribution in [2.75, 3.05) is 0 Å². The highest BCUT2D eigenvalue weighted by molar-refractivity contribution is 5.66. The summed E-state index contributed by atoms with van der Waals surface area (Å²) in [4.78, 5) is 0. The van der Waals surface area contributed by atoms with E-state index in [1.54, 1.807) is 6.07 Å². The van der Waals surface area contributed by atoms with Crippen LogP contribution in [-0.4, -0.2) is 26.8 Å². The van der Waals surface area contributed by atoms with Gasteiger partial charge >= 0.3 is 6.36 Å². The number of aromatic nitrogens is 4. The van der Waals surface area contributed by atoms with Gasteiger partial charge in [0.15, 0.2) is 0 Å². The topological polar surface area (TPSA) is 66.6 Å². The number of alkyl halides is 3. The summed E-state index contributed by atoms with van der Waals surface area (Å²) in [5, 5.41) is 13.9. The second-order valence-corrected chi connectivity index (χ2v) is 4.68. The van der Waals surface area contributed by atoms with Crippen LogP contribution in [0.4, 0.5) is 13.2 Å². The van der Waals surface area contributed by atoms with Crippen molar-refractivity contribution < 1.29 is 17.9 Å². The highest BCUT2D eigenvalue weighted by Gasteiger charge is 2.30. The molecule has 114 valence electrons. The van der Waals surface area contributed by atoms with E-state index in [0.29, 0.717) is 17.0 Å². The van der Waals surface area contributed by atoms with Gasteiger partial charge in [-0.1, -0.05) is 0 Å². The van der Waals surface area contributed by atoms with Gasteiger partial charge in [0.25, 0.3) is 0 Å². The molecule has 2 N–H and O–H groups in total. The molecule has 3 rings (SSSR count). The number of aryl methyl sites for hydroxylation is 1. The molecule has 8 heteroatoms. The Kier molecular flexibility index (Phi) is 3.36. The first-order valence-corrected chi connectivity index (χ1v) is 6.35. The average molecular weight is 308 g/mol. The SMILES string of the molecule is Cc1cc(-c2cc(-c3ccc(OC(F)(F)F)cc3)n[nH]2)n[nH]1. The van der Waals surface area contributed by atoms with Gasteiger partial charge < -0.3 is 4.74 Å². The van der Waals surface area contributed by atoms with Crippen molar-refractivity contribution >= 4 is 0 Å². The molecule has 2 heterocycles. The molecule has 0 amide bonds. The summed E-state index contributed by atoms with van der Waals surface area (Å²) in [7, 11) is 0. The third kappa shape index (κ3) is 3.11. The molecule has 22 heavy (non-hydrogen) atoms. The number of rotatable bonds is 3. The van der Waals surface area contributed by atoms with Crippen LogP contribution in [0.15, 0.2) is 36.4 Å². The molecular weight excluding hydrogens is 297 g/mol. The molecule has 0 radical (unpaired) electrons. The minimum Gasteiger partial charge on any atom is -0.406 e. The van der Waals surface area contributed by atoms with E-state index in [4.69, 9.17) is 0 Å². The first kappa shape index (κ1) is 14.2. The molecule has 0 aliphatic carbocycles. The van der Waals surface area contributed by atoms with Crippen LogP contribution >= 0.6 is 0 Å². The van der Waals surface area contributed by atoms with Gasteiger partial charge in [-0.3, -0.25) is 10.2 Å². The summed E-state index contributed by atoms with van der Waals surface area (Å²) in [6.45, 7) is 1.88. The Bertz CT molecular complexity index is 774. The van der Waals surface area contributed by atoms with Crippen molar-refractivity contribution in [3.05, 3.63) is 42.1 Å². The zero-order valence-electron chi connectivity index (χ0n) is 11.4. The molecule has 2 aromatic heterocycles. The maximum absolute atomic E-state index is 12.1. The number of hydrogen-bond donors (Lipinski definition) is 2. The third-order valence-electron chi connectivity index (χ3n) is 2.94. The third-order valence-corrected chi connectivity index (χ3v) is 2.94. The zero-order chi connectivity index (χ0) is 15.7. The number of nitrogens with zero attached hydrogens (tertiary/aromatic N) is 2. The van der Waals surface area contributed by atoms with Gasteiger partial charge in [0, 0.05) is 11.3 Å². The fourth-order valence-electron chi connectivity index (χ4n) is 1.98. The predicted octanol–water partition coefficient (Wildman–Crippen LogP) is 3.67. The molecular formula is C14H11F3N4O. The van der Waals surface area contributed by atoms with Crippen LogP contribution in [0.1, 0.15) is 5.69 Å². The van der Waals surface area contributed by atoms with Crippen LogP contribution in [0.5, 0.6) is 5.75 Å². The molecule has 0 saturated carbocycles. The summed E-state index contributed by atoms with van der Waals surface area (Å²) < 4.78 is 40.2. The quantitative estimate of drug-likeness (QED) is 0.775. The smallest absolute Gasteiger partial charge is 0.406 e. The lowest BCUT2D eigenvalue weighted by Gasteiger charge is -2.08. The van der Waals surface area contributed by atoms with Crippen LogP contribution in [-0.2, 0) is 0 Å². The largest absolute Gasteiger partial charge is 0.573 e. The fourth-order valence-corrected chi connectivity index (χ4v) is 1.98. The average Bonchev–Trinajstić information content (AvgIpc) is 3.06. The van der Waals surface area contributed by atoms with Crippen LogP contribution in [0.2, 0.25) is 0 Å². The second-order valence-electron chi connectivity index (χ2n) is 4.68. The Morgan fingerprint density at radius 3 is 2.23 bits per heavy atom. The van der Waals surface area contributed by atoms with Crippen molar-refractivity contribution in [1.29, 1.82) is 0 Å². The lowest BCUT2D eigenvalue weighted by Crippen LogP contribution is -2.16. The van der Waals surface area contributed by atoms with E-state index in [1.165, 1.54) is 24.3 Å². The van der Waals surface area contributed by atoms with Crippen LogP contribution in [0.3, 0.4) is 0 Å². The highest BCUT2D eigenvalue weighted by atomic mass is 19.4. The first-order chi connectivity index (χ1) is 10.4. The summed E-state index contributed by atoms with van der Waals surface area (Å²) in [6.07, 6.45) is -4.70. The van der Waals surface area contributed by atoms with Gasteiger partial charge in [0.1, 0.15) is 11.4 Å². The number of ether oxygens (including phenoxy) is 1. The van der Waals surface area contributed by atoms with Crippen LogP contribution in [0.25, 0.3) is 22.6 Å². The van der Waals surface area contributed by atoms with E-state index >= 15 is 0 Å². The van der Waals surface area contributed by atoms with E-state index in [2.05, 4.69) is 25.1 Å². The molecule has 0 saturated heterocycles. The van der Waals surface area contributed by atoms with E-state index in [-0.39, 0.29) is 5.75 Å². The molecule has 0 aliphatic rings. The van der Waals surface area contributed by atoms with Crippen molar-refractivity contribution in [2.45, 2.75) is 13.3 Å². The Morgan fingerprint density at radius 2 is 1.64 bits per heavy atom. The number of H-pyrrole nitrogens is 2. The van der Waals surface area contributed by atoms with Gasteiger partial charge in [0.2, 0.25) is 0 Å². The van der Waals surface area contributed by atoms with Gasteiger partial charge in [-0.05, 0) is 43.3 Å². The van der Waals surface area contributed by atoms with Crippen molar-refractivity contribution in [3.8, 4) is 28.4 Å². The number of aromatic amines is 2. The Balaban J connectivity index is 1.81. The lowest BCUT2D eigenvalue weighted by molar-refractivity contribution is -0.274. The van der Waals surface area contributed by atoms with E-state index in [9.17, 15) is 13.2 Å². The van der Waals surface area contributed by atoms with Crippen molar-refractivity contribution in [2.24, 2.45) is 0 Å². The summed E-state index contributed by atoms with van der Waals surface area (Å²) in [6, 6.07) is 9.15. The molecule has 0 aliphatic heterocycles. The summed E-state index contributed by atoms with van der Waals surface area (Å²) in [5.74, 6) is -0.269. The molecule has 0 spiro atoms. The molecule has 0 unspecified atom stereocenters. The summed E-state index contributed by atoms with van der Waals surface area (Å²) >= 11 is 0. The van der Waals surface area contributed by atoms with Crippen molar-refractivity contribution in [3.63, 3.8) is 0 Å². The number of nitrogens with one attached hydrogen (secondary N) is 2. The maximum atomic E-state index is 12.1. The highest BCUT2D eigenvalue weighted by Crippen LogP contribution is 2.27. The van der Waals surface area contributed by atoms with E-state index in [0.717, 1.165) is 11.4 Å². The lowest BCUT2D eigenvalue weighted by atomic mass is 10.1. The number of benzene rings is 1. The van der Waals surface area contributed by atoms with Gasteiger partial charge in [-0.2, -0.15) is 10.2 Å². The van der Waals surface area contributed by atoms with Gasteiger partial charge in [-0.15, -0.1) is 13.2 Å². The van der Waals surface area contributed by atoms with E-state index < -0.39 is 6.36 Å². The van der Waals surface area contributed by atoms with E-state index in [1.807, 2.05) is 13.0 Å². The molecule has 1 aromatic carbocycles.